The molecular formula is C13H10N6O. The summed E-state index contributed by atoms with van der Waals surface area (Å²) in [5.74, 6) is 0.255. The quantitative estimate of drug-likeness (QED) is 0.749. The molecule has 0 saturated heterocycles. The fraction of sp³-hybridized carbons (Fsp3) is 0. The van der Waals surface area contributed by atoms with Crippen LogP contribution in [0.3, 0.4) is 0 Å². The highest BCUT2D eigenvalue weighted by Gasteiger charge is 2.08. The number of hydrogen-bond acceptors (Lipinski definition) is 5. The van der Waals surface area contributed by atoms with Crippen molar-refractivity contribution in [3.8, 4) is 11.4 Å². The molecule has 1 aromatic carbocycles. The van der Waals surface area contributed by atoms with Crippen molar-refractivity contribution < 1.29 is 4.79 Å². The molecular weight excluding hydrogens is 256 g/mol. The molecule has 98 valence electrons. The molecule has 3 rings (SSSR count). The van der Waals surface area contributed by atoms with E-state index >= 15 is 0 Å². The van der Waals surface area contributed by atoms with E-state index in [0.717, 1.165) is 5.56 Å². The van der Waals surface area contributed by atoms with E-state index in [4.69, 9.17) is 0 Å². The van der Waals surface area contributed by atoms with Crippen molar-refractivity contribution in [3.05, 3.63) is 54.4 Å². The normalized spacial score (nSPS) is 10.2. The van der Waals surface area contributed by atoms with Crippen molar-refractivity contribution in [2.24, 2.45) is 0 Å². The highest BCUT2D eigenvalue weighted by Crippen LogP contribution is 2.18. The van der Waals surface area contributed by atoms with Crippen LogP contribution < -0.4 is 5.32 Å². The number of aromatic nitrogens is 5. The van der Waals surface area contributed by atoms with Gasteiger partial charge in [0, 0.05) is 23.6 Å². The molecule has 0 radical (unpaired) electrons. The second kappa shape index (κ2) is 5.27. The number of aromatic amines is 1. The van der Waals surface area contributed by atoms with Crippen LogP contribution in [0, 0.1) is 0 Å². The minimum Gasteiger partial charge on any atom is -0.322 e. The predicted molar refractivity (Wildman–Crippen MR) is 71.8 cm³/mol. The molecule has 3 aromatic rings. The van der Waals surface area contributed by atoms with Crippen molar-refractivity contribution in [1.29, 1.82) is 0 Å². The van der Waals surface area contributed by atoms with Crippen LogP contribution in [0.5, 0.6) is 0 Å². The van der Waals surface area contributed by atoms with Gasteiger partial charge in [-0.1, -0.05) is 12.1 Å². The zero-order valence-electron chi connectivity index (χ0n) is 10.3. The molecule has 20 heavy (non-hydrogen) atoms. The second-order valence-corrected chi connectivity index (χ2v) is 4.01. The highest BCUT2D eigenvalue weighted by molar-refractivity contribution is 6.04. The minimum absolute atomic E-state index is 0.219. The van der Waals surface area contributed by atoms with Crippen LogP contribution in [0.2, 0.25) is 0 Å². The molecule has 0 fully saturated rings. The molecule has 0 atom stereocenters. The summed E-state index contributed by atoms with van der Waals surface area (Å²) in [7, 11) is 0. The monoisotopic (exact) mass is 266 g/mol. The van der Waals surface area contributed by atoms with E-state index < -0.39 is 0 Å². The Kier molecular flexibility index (Phi) is 3.15. The maximum absolute atomic E-state index is 12.0. The topological polar surface area (TPSA) is 96.5 Å². The zero-order valence-corrected chi connectivity index (χ0v) is 10.3. The molecule has 0 aliphatic rings. The van der Waals surface area contributed by atoms with Crippen LogP contribution in [-0.2, 0) is 0 Å². The van der Waals surface area contributed by atoms with Gasteiger partial charge in [0.2, 0.25) is 5.82 Å². The molecule has 2 heterocycles. The summed E-state index contributed by atoms with van der Waals surface area (Å²) in [4.78, 5) is 15.9. The third-order valence-corrected chi connectivity index (χ3v) is 2.65. The number of amides is 1. The van der Waals surface area contributed by atoms with Gasteiger partial charge >= 0.3 is 0 Å². The van der Waals surface area contributed by atoms with Crippen molar-refractivity contribution in [2.45, 2.75) is 0 Å². The number of pyridine rings is 1. The fourth-order valence-electron chi connectivity index (χ4n) is 1.72. The molecule has 0 bridgehead atoms. The summed E-state index contributed by atoms with van der Waals surface area (Å²) in [6.45, 7) is 0. The number of nitrogens with zero attached hydrogens (tertiary/aromatic N) is 4. The number of benzene rings is 1. The number of hydrogen-bond donors (Lipinski definition) is 2. The lowest BCUT2D eigenvalue weighted by Gasteiger charge is -2.05. The minimum atomic E-state index is -0.219. The molecule has 0 spiro atoms. The van der Waals surface area contributed by atoms with Crippen molar-refractivity contribution in [3.63, 3.8) is 0 Å². The molecule has 0 unspecified atom stereocenters. The van der Waals surface area contributed by atoms with Gasteiger partial charge < -0.3 is 5.32 Å². The summed E-state index contributed by atoms with van der Waals surface area (Å²) >= 11 is 0. The fourth-order valence-corrected chi connectivity index (χ4v) is 1.72. The van der Waals surface area contributed by atoms with Crippen LogP contribution >= 0.6 is 0 Å². The Hall–Kier alpha value is -3.09. The molecule has 1 amide bonds. The van der Waals surface area contributed by atoms with Crippen LogP contribution in [0.1, 0.15) is 10.4 Å². The third-order valence-electron chi connectivity index (χ3n) is 2.65. The molecule has 2 aromatic heterocycles. The molecule has 0 saturated carbocycles. The third kappa shape index (κ3) is 2.51. The van der Waals surface area contributed by atoms with E-state index in [1.807, 2.05) is 12.1 Å². The average Bonchev–Trinajstić information content (AvgIpc) is 3.03. The standard InChI is InChI=1S/C13H10N6O/c20-13(10-4-2-6-14-8-10)15-11-5-1-3-9(7-11)12-16-18-19-17-12/h1-8H,(H,15,20)(H,16,17,18,19). The second-order valence-electron chi connectivity index (χ2n) is 4.01. The molecule has 0 aliphatic heterocycles. The molecule has 0 aliphatic carbocycles. The predicted octanol–water partition coefficient (Wildman–Crippen LogP) is 1.51. The van der Waals surface area contributed by atoms with E-state index in [1.165, 1.54) is 6.20 Å². The van der Waals surface area contributed by atoms with Gasteiger partial charge in [-0.3, -0.25) is 9.78 Å². The number of H-pyrrole nitrogens is 1. The number of carbonyl (C=O) groups is 1. The largest absolute Gasteiger partial charge is 0.322 e. The first kappa shape index (κ1) is 12.0. The number of anilines is 1. The van der Waals surface area contributed by atoms with Gasteiger partial charge in [0.1, 0.15) is 0 Å². The van der Waals surface area contributed by atoms with Gasteiger partial charge in [-0.05, 0) is 29.5 Å². The Morgan fingerprint density at radius 2 is 2.15 bits per heavy atom. The number of nitrogens with one attached hydrogen (secondary N) is 2. The van der Waals surface area contributed by atoms with Crippen LogP contribution in [0.15, 0.2) is 48.8 Å². The maximum Gasteiger partial charge on any atom is 0.257 e. The van der Waals surface area contributed by atoms with Gasteiger partial charge in [-0.15, -0.1) is 10.2 Å². The van der Waals surface area contributed by atoms with Crippen LogP contribution in [-0.4, -0.2) is 31.5 Å². The van der Waals surface area contributed by atoms with Gasteiger partial charge in [0.05, 0.1) is 5.56 Å². The van der Waals surface area contributed by atoms with Gasteiger partial charge in [0.25, 0.3) is 5.91 Å². The summed E-state index contributed by atoms with van der Waals surface area (Å²) < 4.78 is 0. The van der Waals surface area contributed by atoms with E-state index in [-0.39, 0.29) is 5.91 Å². The molecule has 2 N–H and O–H groups in total. The van der Waals surface area contributed by atoms with Crippen molar-refractivity contribution in [1.82, 2.24) is 25.6 Å². The lowest BCUT2D eigenvalue weighted by Crippen LogP contribution is -2.11. The first-order valence-electron chi connectivity index (χ1n) is 5.88. The Labute approximate surface area is 114 Å². The SMILES string of the molecule is O=C(Nc1cccc(-c2nn[nH]n2)c1)c1cccnc1. The van der Waals surface area contributed by atoms with Crippen LogP contribution in [0.4, 0.5) is 5.69 Å². The summed E-state index contributed by atoms with van der Waals surface area (Å²) in [5, 5.41) is 16.5. The van der Waals surface area contributed by atoms with E-state index in [2.05, 4.69) is 30.9 Å². The Morgan fingerprint density at radius 1 is 1.20 bits per heavy atom. The summed E-state index contributed by atoms with van der Waals surface area (Å²) in [5.41, 5.74) is 1.92. The highest BCUT2D eigenvalue weighted by atomic mass is 16.1. The maximum atomic E-state index is 12.0. The van der Waals surface area contributed by atoms with E-state index in [9.17, 15) is 4.79 Å². The van der Waals surface area contributed by atoms with E-state index in [1.54, 1.807) is 30.5 Å². The Balaban J connectivity index is 1.82. The van der Waals surface area contributed by atoms with E-state index in [0.29, 0.717) is 17.1 Å². The Morgan fingerprint density at radius 3 is 2.90 bits per heavy atom. The first-order chi connectivity index (χ1) is 9.83. The number of tetrazole rings is 1. The average molecular weight is 266 g/mol. The van der Waals surface area contributed by atoms with Gasteiger partial charge in [0.15, 0.2) is 0 Å². The van der Waals surface area contributed by atoms with Gasteiger partial charge in [-0.2, -0.15) is 5.21 Å². The first-order valence-corrected chi connectivity index (χ1v) is 5.88. The number of carbonyl (C=O) groups excluding carboxylic acids is 1. The smallest absolute Gasteiger partial charge is 0.257 e. The van der Waals surface area contributed by atoms with Crippen molar-refractivity contribution >= 4 is 11.6 Å². The Bertz CT molecular complexity index is 711. The van der Waals surface area contributed by atoms with Crippen LogP contribution in [0.25, 0.3) is 11.4 Å². The summed E-state index contributed by atoms with van der Waals surface area (Å²) in [6, 6.07) is 10.6. The lowest BCUT2D eigenvalue weighted by molar-refractivity contribution is 0.102. The summed E-state index contributed by atoms with van der Waals surface area (Å²) in [6.07, 6.45) is 3.13. The zero-order chi connectivity index (χ0) is 13.8. The molecule has 7 nitrogen and oxygen atoms in total. The number of rotatable bonds is 3. The molecule has 7 heteroatoms. The van der Waals surface area contributed by atoms with Crippen molar-refractivity contribution in [2.75, 3.05) is 5.32 Å². The van der Waals surface area contributed by atoms with Gasteiger partial charge in [-0.25, -0.2) is 0 Å². The lowest BCUT2D eigenvalue weighted by atomic mass is 10.2.